The Bertz CT molecular complexity index is 778. The lowest BCUT2D eigenvalue weighted by Crippen LogP contribution is -2.50. The summed E-state index contributed by atoms with van der Waals surface area (Å²) in [6.45, 7) is 0. The smallest absolute Gasteiger partial charge is 0.266 e. The maximum Gasteiger partial charge on any atom is 0.266 e. The van der Waals surface area contributed by atoms with Crippen molar-refractivity contribution in [3.8, 4) is 0 Å². The van der Waals surface area contributed by atoms with Gasteiger partial charge in [-0.25, -0.2) is 4.39 Å². The molecule has 0 radical (unpaired) electrons. The number of carboxylic acids is 2. The highest BCUT2D eigenvalue weighted by Gasteiger charge is 2.37. The molecule has 0 aliphatic carbocycles. The van der Waals surface area contributed by atoms with E-state index in [-0.39, 0.29) is 19.8 Å². The van der Waals surface area contributed by atoms with Crippen LogP contribution in [0, 0.1) is 5.82 Å². The summed E-state index contributed by atoms with van der Waals surface area (Å²) < 4.78 is 13.7. The second-order valence-electron chi connectivity index (χ2n) is 4.93. The number of rotatable bonds is 6. The molecule has 10 heteroatoms. The van der Waals surface area contributed by atoms with Crippen LogP contribution in [-0.4, -0.2) is 33.1 Å². The van der Waals surface area contributed by atoms with Crippen LogP contribution in [0.2, 0.25) is 5.02 Å². The van der Waals surface area contributed by atoms with E-state index in [2.05, 4.69) is 0 Å². The van der Waals surface area contributed by atoms with Crippen molar-refractivity contribution in [2.75, 3.05) is 0 Å². The monoisotopic (exact) mass is 401 g/mol. The molecular formula is C15H9ClFNO5S2-2. The Morgan fingerprint density at radius 1 is 1.40 bits per heavy atom. The van der Waals surface area contributed by atoms with Crippen molar-refractivity contribution in [2.45, 2.75) is 18.9 Å². The first-order valence-electron chi connectivity index (χ1n) is 6.84. The number of nitrogens with zero attached hydrogens (tertiary/aromatic N) is 1. The molecule has 1 aliphatic rings. The van der Waals surface area contributed by atoms with Crippen molar-refractivity contribution in [1.82, 2.24) is 4.90 Å². The third-order valence-corrected chi connectivity index (χ3v) is 4.96. The highest BCUT2D eigenvalue weighted by molar-refractivity contribution is 8.26. The zero-order valence-corrected chi connectivity index (χ0v) is 14.8. The van der Waals surface area contributed by atoms with Crippen molar-refractivity contribution in [1.29, 1.82) is 0 Å². The molecular weight excluding hydrogens is 393 g/mol. The van der Waals surface area contributed by atoms with Crippen LogP contribution in [0.15, 0.2) is 23.1 Å². The Labute approximate surface area is 156 Å². The van der Waals surface area contributed by atoms with Crippen molar-refractivity contribution in [3.63, 3.8) is 0 Å². The lowest BCUT2D eigenvalue weighted by molar-refractivity contribution is -0.311. The SMILES string of the molecule is O=C([O-])CC[C@H](C(=O)[O-])N1C(=O)/C(=C/c2c(F)cccc2Cl)SC1=S. The van der Waals surface area contributed by atoms with Gasteiger partial charge in [-0.2, -0.15) is 0 Å². The zero-order chi connectivity index (χ0) is 18.7. The molecule has 0 N–H and O–H groups in total. The van der Waals surface area contributed by atoms with Gasteiger partial charge in [0.1, 0.15) is 10.1 Å². The Morgan fingerprint density at radius 3 is 2.64 bits per heavy atom. The van der Waals surface area contributed by atoms with Gasteiger partial charge in [0.2, 0.25) is 0 Å². The van der Waals surface area contributed by atoms with E-state index in [1.165, 1.54) is 18.2 Å². The quantitative estimate of drug-likeness (QED) is 0.500. The van der Waals surface area contributed by atoms with Crippen LogP contribution in [0.4, 0.5) is 4.39 Å². The second kappa shape index (κ2) is 7.94. The first-order chi connectivity index (χ1) is 11.7. The Balaban J connectivity index is 2.34. The van der Waals surface area contributed by atoms with Crippen LogP contribution in [0.5, 0.6) is 0 Å². The summed E-state index contributed by atoms with van der Waals surface area (Å²) in [6, 6.07) is 2.42. The van der Waals surface area contributed by atoms with Gasteiger partial charge in [0, 0.05) is 11.5 Å². The minimum absolute atomic E-state index is 0.0308. The number of hydrogen-bond acceptors (Lipinski definition) is 7. The molecule has 1 fully saturated rings. The lowest BCUT2D eigenvalue weighted by Gasteiger charge is -2.27. The fraction of sp³-hybridized carbons (Fsp3) is 0.200. The summed E-state index contributed by atoms with van der Waals surface area (Å²) in [5, 5.41) is 21.9. The standard InChI is InChI=1S/C15H11ClFNO5S2/c16-8-2-1-3-9(17)7(8)6-11-13(21)18(15(24)25-11)10(14(22)23)4-5-12(19)20/h1-3,6,10H,4-5H2,(H,19,20)(H,22,23)/p-2/b11-6-/t10-/m1/s1. The van der Waals surface area contributed by atoms with E-state index in [9.17, 15) is 29.0 Å². The van der Waals surface area contributed by atoms with E-state index in [4.69, 9.17) is 23.8 Å². The van der Waals surface area contributed by atoms with Crippen LogP contribution in [0.25, 0.3) is 6.08 Å². The minimum Gasteiger partial charge on any atom is -0.550 e. The summed E-state index contributed by atoms with van der Waals surface area (Å²) in [6.07, 6.45) is 0.154. The van der Waals surface area contributed by atoms with Gasteiger partial charge in [-0.3, -0.25) is 9.69 Å². The van der Waals surface area contributed by atoms with Crippen LogP contribution in [0.1, 0.15) is 18.4 Å². The number of thioether (sulfide) groups is 1. The van der Waals surface area contributed by atoms with Crippen molar-refractivity contribution in [3.05, 3.63) is 39.5 Å². The molecule has 1 heterocycles. The van der Waals surface area contributed by atoms with Gasteiger partial charge in [-0.1, -0.05) is 41.6 Å². The van der Waals surface area contributed by atoms with Crippen LogP contribution in [-0.2, 0) is 14.4 Å². The predicted octanol–water partition coefficient (Wildman–Crippen LogP) is 0.329. The molecule has 0 spiro atoms. The average Bonchev–Trinajstić information content (AvgIpc) is 2.78. The molecule has 0 saturated carbocycles. The average molecular weight is 402 g/mol. The second-order valence-corrected chi connectivity index (χ2v) is 7.02. The number of amides is 1. The van der Waals surface area contributed by atoms with Gasteiger partial charge < -0.3 is 19.8 Å². The summed E-state index contributed by atoms with van der Waals surface area (Å²) in [5.41, 5.74) is -0.0376. The normalized spacial score (nSPS) is 17.2. The Kier molecular flexibility index (Phi) is 6.15. The van der Waals surface area contributed by atoms with E-state index >= 15 is 0 Å². The lowest BCUT2D eigenvalue weighted by atomic mass is 10.1. The third-order valence-electron chi connectivity index (χ3n) is 3.30. The molecule has 132 valence electrons. The molecule has 1 saturated heterocycles. The summed E-state index contributed by atoms with van der Waals surface area (Å²) in [5.74, 6) is -4.57. The van der Waals surface area contributed by atoms with Crippen LogP contribution < -0.4 is 10.2 Å². The number of thiocarbonyl (C=S) groups is 1. The number of aliphatic carboxylic acids is 2. The summed E-state index contributed by atoms with van der Waals surface area (Å²) in [4.78, 5) is 35.0. The molecule has 1 atom stereocenters. The summed E-state index contributed by atoms with van der Waals surface area (Å²) >= 11 is 11.7. The first kappa shape index (κ1) is 19.4. The van der Waals surface area contributed by atoms with Gasteiger partial charge in [0.15, 0.2) is 0 Å². The van der Waals surface area contributed by atoms with Crippen LogP contribution in [0.3, 0.4) is 0 Å². The van der Waals surface area contributed by atoms with Gasteiger partial charge in [0.05, 0.1) is 21.9 Å². The van der Waals surface area contributed by atoms with Crippen molar-refractivity contribution >= 4 is 63.8 Å². The number of carboxylic acid groups (broad SMARTS) is 2. The number of carbonyl (C=O) groups excluding carboxylic acids is 3. The zero-order valence-electron chi connectivity index (χ0n) is 12.4. The predicted molar refractivity (Wildman–Crippen MR) is 89.5 cm³/mol. The number of halogens is 2. The van der Waals surface area contributed by atoms with E-state index in [1.807, 2.05) is 0 Å². The molecule has 2 rings (SSSR count). The number of hydrogen-bond donors (Lipinski definition) is 0. The van der Waals surface area contributed by atoms with E-state index in [0.29, 0.717) is 0 Å². The van der Waals surface area contributed by atoms with Crippen molar-refractivity contribution < 1.29 is 29.0 Å². The van der Waals surface area contributed by atoms with Gasteiger partial charge in [0.25, 0.3) is 5.91 Å². The number of carbonyl (C=O) groups is 3. The summed E-state index contributed by atoms with van der Waals surface area (Å²) in [7, 11) is 0. The molecule has 1 aliphatic heterocycles. The minimum atomic E-state index is -1.65. The van der Waals surface area contributed by atoms with Crippen LogP contribution >= 0.6 is 35.6 Å². The Morgan fingerprint density at radius 2 is 2.08 bits per heavy atom. The third kappa shape index (κ3) is 4.36. The maximum absolute atomic E-state index is 13.8. The molecule has 0 unspecified atom stereocenters. The van der Waals surface area contributed by atoms with E-state index in [0.717, 1.165) is 22.7 Å². The molecule has 1 amide bonds. The largest absolute Gasteiger partial charge is 0.550 e. The molecule has 25 heavy (non-hydrogen) atoms. The fourth-order valence-corrected chi connectivity index (χ4v) is 3.69. The molecule has 1 aromatic carbocycles. The van der Waals surface area contributed by atoms with E-state index < -0.39 is 42.5 Å². The number of benzene rings is 1. The molecule has 6 nitrogen and oxygen atoms in total. The topological polar surface area (TPSA) is 101 Å². The molecule has 1 aromatic rings. The highest BCUT2D eigenvalue weighted by Crippen LogP contribution is 2.36. The van der Waals surface area contributed by atoms with Crippen molar-refractivity contribution in [2.24, 2.45) is 0 Å². The molecule has 0 bridgehead atoms. The molecule has 0 aromatic heterocycles. The van der Waals surface area contributed by atoms with Gasteiger partial charge in [-0.15, -0.1) is 0 Å². The van der Waals surface area contributed by atoms with Gasteiger partial charge >= 0.3 is 0 Å². The highest BCUT2D eigenvalue weighted by atomic mass is 35.5. The Hall–Kier alpha value is -1.97. The first-order valence-corrected chi connectivity index (χ1v) is 8.44. The van der Waals surface area contributed by atoms with Gasteiger partial charge in [-0.05, 0) is 31.1 Å². The van der Waals surface area contributed by atoms with E-state index in [1.54, 1.807) is 0 Å². The fourth-order valence-electron chi connectivity index (χ4n) is 2.14. The maximum atomic E-state index is 13.8.